The Morgan fingerprint density at radius 2 is 2.31 bits per heavy atom. The summed E-state index contributed by atoms with van der Waals surface area (Å²) in [6.45, 7) is 2.21. The summed E-state index contributed by atoms with van der Waals surface area (Å²) in [5, 5.41) is 4.70. The molecule has 0 amide bonds. The Morgan fingerprint density at radius 3 is 2.94 bits per heavy atom. The lowest BCUT2D eigenvalue weighted by Crippen LogP contribution is -2.10. The Bertz CT molecular complexity index is 374. The molecule has 1 heterocycles. The van der Waals surface area contributed by atoms with E-state index in [9.17, 15) is 0 Å². The molecular formula is C13H20N2S. The zero-order chi connectivity index (χ0) is 11.1. The Hall–Kier alpha value is -0.410. The molecule has 0 spiro atoms. The van der Waals surface area contributed by atoms with E-state index in [0.717, 1.165) is 17.8 Å². The minimum absolute atomic E-state index is 0.449. The molecule has 16 heavy (non-hydrogen) atoms. The van der Waals surface area contributed by atoms with Crippen molar-refractivity contribution in [2.45, 2.75) is 44.6 Å². The number of rotatable bonds is 3. The fourth-order valence-corrected chi connectivity index (χ4v) is 4.55. The van der Waals surface area contributed by atoms with Crippen molar-refractivity contribution in [1.82, 2.24) is 10.3 Å². The van der Waals surface area contributed by atoms with E-state index in [1.807, 2.05) is 18.4 Å². The third-order valence-electron chi connectivity index (χ3n) is 4.46. The number of hydrogen-bond donors (Lipinski definition) is 1. The van der Waals surface area contributed by atoms with Crippen LogP contribution < -0.4 is 5.32 Å². The molecule has 2 saturated carbocycles. The molecule has 2 aliphatic carbocycles. The van der Waals surface area contributed by atoms with Gasteiger partial charge in [-0.25, -0.2) is 4.98 Å². The quantitative estimate of drug-likeness (QED) is 0.870. The highest BCUT2D eigenvalue weighted by Crippen LogP contribution is 2.53. The van der Waals surface area contributed by atoms with Crippen molar-refractivity contribution < 1.29 is 0 Å². The molecule has 3 rings (SSSR count). The zero-order valence-corrected chi connectivity index (χ0v) is 10.9. The molecule has 0 radical (unpaired) electrons. The first-order valence-corrected chi connectivity index (χ1v) is 7.22. The van der Waals surface area contributed by atoms with Crippen molar-refractivity contribution >= 4 is 11.3 Å². The second-order valence-corrected chi connectivity index (χ2v) is 6.49. The molecule has 88 valence electrons. The summed E-state index contributed by atoms with van der Waals surface area (Å²) in [6, 6.07) is 0.449. The SMILES string of the molecule is CNC(C)c1cnc(C2CC3CCC2C3)s1. The lowest BCUT2D eigenvalue weighted by atomic mass is 9.89. The molecule has 1 N–H and O–H groups in total. The third-order valence-corrected chi connectivity index (χ3v) is 5.77. The number of fused-ring (bicyclic) bond motifs is 2. The summed E-state index contributed by atoms with van der Waals surface area (Å²) >= 11 is 1.93. The van der Waals surface area contributed by atoms with E-state index in [1.165, 1.54) is 35.6 Å². The van der Waals surface area contributed by atoms with Crippen molar-refractivity contribution in [3.05, 3.63) is 16.1 Å². The van der Waals surface area contributed by atoms with Gasteiger partial charge < -0.3 is 5.32 Å². The number of hydrogen-bond acceptors (Lipinski definition) is 3. The van der Waals surface area contributed by atoms with Crippen LogP contribution in [0.1, 0.15) is 54.5 Å². The molecular weight excluding hydrogens is 216 g/mol. The standard InChI is InChI=1S/C13H20N2S/c1-8(14-2)12-7-15-13(16-12)11-6-9-3-4-10(11)5-9/h7-11,14H,3-6H2,1-2H3. The van der Waals surface area contributed by atoms with Crippen molar-refractivity contribution in [2.75, 3.05) is 7.05 Å². The summed E-state index contributed by atoms with van der Waals surface area (Å²) in [6.07, 6.45) is 7.89. The van der Waals surface area contributed by atoms with E-state index in [-0.39, 0.29) is 0 Å². The molecule has 2 aliphatic rings. The van der Waals surface area contributed by atoms with Gasteiger partial charge in [0.1, 0.15) is 0 Å². The molecule has 2 fully saturated rings. The Kier molecular flexibility index (Phi) is 2.76. The smallest absolute Gasteiger partial charge is 0.0962 e. The monoisotopic (exact) mass is 236 g/mol. The third kappa shape index (κ3) is 1.70. The van der Waals surface area contributed by atoms with Gasteiger partial charge >= 0.3 is 0 Å². The molecule has 0 aromatic carbocycles. The van der Waals surface area contributed by atoms with Crippen LogP contribution in [0, 0.1) is 11.8 Å². The molecule has 2 nitrogen and oxygen atoms in total. The van der Waals surface area contributed by atoms with Crippen LogP contribution in [-0.2, 0) is 0 Å². The predicted octanol–water partition coefficient (Wildman–Crippen LogP) is 3.33. The first kappa shape index (κ1) is 10.7. The topological polar surface area (TPSA) is 24.9 Å². The average Bonchev–Trinajstić information content (AvgIpc) is 3.02. The largest absolute Gasteiger partial charge is 0.312 e. The van der Waals surface area contributed by atoms with Crippen molar-refractivity contribution in [1.29, 1.82) is 0 Å². The van der Waals surface area contributed by atoms with Crippen molar-refractivity contribution in [2.24, 2.45) is 11.8 Å². The van der Waals surface area contributed by atoms with Crippen LogP contribution in [-0.4, -0.2) is 12.0 Å². The maximum Gasteiger partial charge on any atom is 0.0962 e. The van der Waals surface area contributed by atoms with Crippen LogP contribution >= 0.6 is 11.3 Å². The van der Waals surface area contributed by atoms with Gasteiger partial charge in [-0.3, -0.25) is 0 Å². The first-order chi connectivity index (χ1) is 7.78. The summed E-state index contributed by atoms with van der Waals surface area (Å²) in [4.78, 5) is 6.05. The maximum absolute atomic E-state index is 4.66. The van der Waals surface area contributed by atoms with Gasteiger partial charge in [0.25, 0.3) is 0 Å². The van der Waals surface area contributed by atoms with E-state index in [2.05, 4.69) is 23.4 Å². The fraction of sp³-hybridized carbons (Fsp3) is 0.769. The van der Waals surface area contributed by atoms with Gasteiger partial charge in [0.05, 0.1) is 5.01 Å². The van der Waals surface area contributed by atoms with Crippen LogP contribution in [0.3, 0.4) is 0 Å². The summed E-state index contributed by atoms with van der Waals surface area (Å²) in [5.41, 5.74) is 0. The highest BCUT2D eigenvalue weighted by atomic mass is 32.1. The van der Waals surface area contributed by atoms with Crippen LogP contribution in [0.5, 0.6) is 0 Å². The number of aromatic nitrogens is 1. The van der Waals surface area contributed by atoms with Gasteiger partial charge in [-0.1, -0.05) is 6.42 Å². The molecule has 0 saturated heterocycles. The zero-order valence-electron chi connectivity index (χ0n) is 10.1. The number of thiazole rings is 1. The van der Waals surface area contributed by atoms with E-state index in [0.29, 0.717) is 6.04 Å². The molecule has 1 aromatic rings. The number of nitrogens with zero attached hydrogens (tertiary/aromatic N) is 1. The van der Waals surface area contributed by atoms with Crippen molar-refractivity contribution in [3.8, 4) is 0 Å². The minimum Gasteiger partial charge on any atom is -0.312 e. The lowest BCUT2D eigenvalue weighted by Gasteiger charge is -2.19. The number of nitrogens with one attached hydrogen (secondary N) is 1. The lowest BCUT2D eigenvalue weighted by molar-refractivity contribution is 0.419. The van der Waals surface area contributed by atoms with E-state index in [1.54, 1.807) is 0 Å². The van der Waals surface area contributed by atoms with E-state index >= 15 is 0 Å². The molecule has 4 atom stereocenters. The molecule has 1 aromatic heterocycles. The Morgan fingerprint density at radius 1 is 1.44 bits per heavy atom. The van der Waals surface area contributed by atoms with Crippen LogP contribution in [0.25, 0.3) is 0 Å². The van der Waals surface area contributed by atoms with Crippen LogP contribution in [0.15, 0.2) is 6.20 Å². The second kappa shape index (κ2) is 4.11. The highest BCUT2D eigenvalue weighted by Gasteiger charge is 2.41. The summed E-state index contributed by atoms with van der Waals surface area (Å²) in [5.74, 6) is 2.76. The van der Waals surface area contributed by atoms with Gasteiger partial charge in [0.15, 0.2) is 0 Å². The molecule has 0 aliphatic heterocycles. The van der Waals surface area contributed by atoms with E-state index in [4.69, 9.17) is 0 Å². The maximum atomic E-state index is 4.66. The summed E-state index contributed by atoms with van der Waals surface area (Å²) < 4.78 is 0. The first-order valence-electron chi connectivity index (χ1n) is 6.40. The minimum atomic E-state index is 0.449. The second-order valence-electron chi connectivity index (χ2n) is 5.39. The molecule has 2 bridgehead atoms. The van der Waals surface area contributed by atoms with E-state index < -0.39 is 0 Å². The van der Waals surface area contributed by atoms with Gasteiger partial charge in [0, 0.05) is 23.0 Å². The summed E-state index contributed by atoms with van der Waals surface area (Å²) in [7, 11) is 2.02. The normalized spacial score (nSPS) is 34.5. The van der Waals surface area contributed by atoms with Gasteiger partial charge in [-0.2, -0.15) is 0 Å². The Labute approximate surface area is 101 Å². The fourth-order valence-electron chi connectivity index (χ4n) is 3.36. The molecule has 4 unspecified atom stereocenters. The molecule has 3 heteroatoms. The Balaban J connectivity index is 1.77. The van der Waals surface area contributed by atoms with Crippen molar-refractivity contribution in [3.63, 3.8) is 0 Å². The van der Waals surface area contributed by atoms with Gasteiger partial charge in [0.2, 0.25) is 0 Å². The predicted molar refractivity (Wildman–Crippen MR) is 67.8 cm³/mol. The average molecular weight is 236 g/mol. The van der Waals surface area contributed by atoms with Crippen LogP contribution in [0.4, 0.5) is 0 Å². The highest BCUT2D eigenvalue weighted by molar-refractivity contribution is 7.11. The van der Waals surface area contributed by atoms with Gasteiger partial charge in [-0.05, 0) is 45.1 Å². The van der Waals surface area contributed by atoms with Gasteiger partial charge in [-0.15, -0.1) is 11.3 Å². The van der Waals surface area contributed by atoms with Crippen LogP contribution in [0.2, 0.25) is 0 Å².